The highest BCUT2D eigenvalue weighted by Gasteiger charge is 2.29. The van der Waals surface area contributed by atoms with Crippen molar-refractivity contribution in [2.75, 3.05) is 19.7 Å². The fourth-order valence-electron chi connectivity index (χ4n) is 1.56. The average molecular weight is 228 g/mol. The first-order chi connectivity index (χ1) is 7.65. The molecule has 1 heterocycles. The second-order valence-corrected chi connectivity index (χ2v) is 3.62. The highest BCUT2D eigenvalue weighted by Crippen LogP contribution is 2.03. The van der Waals surface area contributed by atoms with Crippen molar-refractivity contribution in [2.45, 2.75) is 25.5 Å². The molecule has 0 aromatic carbocycles. The Kier molecular flexibility index (Phi) is 5.07. The van der Waals surface area contributed by atoms with Crippen LogP contribution in [0, 0.1) is 0 Å². The van der Waals surface area contributed by atoms with Gasteiger partial charge in [-0.1, -0.05) is 0 Å². The van der Waals surface area contributed by atoms with Gasteiger partial charge in [-0.3, -0.25) is 9.59 Å². The zero-order valence-corrected chi connectivity index (χ0v) is 9.19. The molecule has 0 saturated carbocycles. The second-order valence-electron chi connectivity index (χ2n) is 3.62. The smallest absolute Gasteiger partial charge is 0.217 e. The maximum atomic E-state index is 11.9. The average Bonchev–Trinajstić information content (AvgIpc) is 2.28. The van der Waals surface area contributed by atoms with Crippen LogP contribution in [0.5, 0.6) is 0 Å². The van der Waals surface area contributed by atoms with Gasteiger partial charge in [-0.05, 0) is 0 Å². The lowest BCUT2D eigenvalue weighted by molar-refractivity contribution is -0.137. The van der Waals surface area contributed by atoms with Crippen LogP contribution in [-0.2, 0) is 19.1 Å². The molecular formula is C10H16N2O4. The molecule has 1 saturated heterocycles. The highest BCUT2D eigenvalue weighted by molar-refractivity contribution is 5.93. The van der Waals surface area contributed by atoms with Crippen LogP contribution >= 0.6 is 0 Å². The van der Waals surface area contributed by atoms with Crippen LogP contribution in [0.4, 0.5) is 0 Å². The number of Topliss-reactive ketones (excluding diaryl/α,β-unsaturated/α-hetero) is 1. The number of rotatable bonds is 5. The number of ketones is 1. The first-order valence-electron chi connectivity index (χ1n) is 5.22. The predicted octanol–water partition coefficient (Wildman–Crippen LogP) is -1.36. The van der Waals surface area contributed by atoms with Crippen molar-refractivity contribution in [3.63, 3.8) is 0 Å². The molecule has 0 aliphatic carbocycles. The third-order valence-corrected chi connectivity index (χ3v) is 2.30. The largest absolute Gasteiger partial charge is 0.368 e. The number of carbonyl (C=O) groups is 3. The molecule has 1 amide bonds. The first-order valence-corrected chi connectivity index (χ1v) is 5.22. The van der Waals surface area contributed by atoms with E-state index < -0.39 is 12.1 Å². The Labute approximate surface area is 93.7 Å². The molecule has 0 aromatic heterocycles. The maximum absolute atomic E-state index is 11.9. The molecular weight excluding hydrogens is 212 g/mol. The van der Waals surface area contributed by atoms with E-state index in [4.69, 9.17) is 4.74 Å². The van der Waals surface area contributed by atoms with Gasteiger partial charge in [0.05, 0.1) is 12.6 Å². The summed E-state index contributed by atoms with van der Waals surface area (Å²) < 4.78 is 5.27. The van der Waals surface area contributed by atoms with E-state index in [1.54, 1.807) is 0 Å². The minimum absolute atomic E-state index is 0.0156. The van der Waals surface area contributed by atoms with E-state index in [2.05, 4.69) is 10.6 Å². The summed E-state index contributed by atoms with van der Waals surface area (Å²) in [7, 11) is 0. The fraction of sp³-hybridized carbons (Fsp3) is 0.700. The van der Waals surface area contributed by atoms with E-state index in [9.17, 15) is 14.4 Å². The molecule has 1 fully saturated rings. The van der Waals surface area contributed by atoms with Gasteiger partial charge in [-0.15, -0.1) is 0 Å². The van der Waals surface area contributed by atoms with Crippen molar-refractivity contribution < 1.29 is 19.1 Å². The number of carbonyl (C=O) groups excluding carboxylic acids is 3. The Morgan fingerprint density at radius 2 is 2.38 bits per heavy atom. The Balaban J connectivity index is 2.57. The zero-order valence-electron chi connectivity index (χ0n) is 9.19. The van der Waals surface area contributed by atoms with Gasteiger partial charge < -0.3 is 20.2 Å². The van der Waals surface area contributed by atoms with Crippen LogP contribution in [0.2, 0.25) is 0 Å². The molecule has 16 heavy (non-hydrogen) atoms. The quantitative estimate of drug-likeness (QED) is 0.568. The lowest BCUT2D eigenvalue weighted by Gasteiger charge is -2.25. The van der Waals surface area contributed by atoms with Crippen LogP contribution in [0.15, 0.2) is 0 Å². The SMILES string of the molecule is CC(=O)NC(CC=O)C(=O)C1CNCCO1. The molecule has 0 radical (unpaired) electrons. The summed E-state index contributed by atoms with van der Waals surface area (Å²) in [5, 5.41) is 5.47. The van der Waals surface area contributed by atoms with Crippen molar-refractivity contribution in [2.24, 2.45) is 0 Å². The van der Waals surface area contributed by atoms with Crippen molar-refractivity contribution in [3.05, 3.63) is 0 Å². The molecule has 0 spiro atoms. The third-order valence-electron chi connectivity index (χ3n) is 2.30. The van der Waals surface area contributed by atoms with E-state index in [-0.39, 0.29) is 18.1 Å². The highest BCUT2D eigenvalue weighted by atomic mass is 16.5. The van der Waals surface area contributed by atoms with Gasteiger partial charge in [-0.25, -0.2) is 0 Å². The number of hydrogen-bond donors (Lipinski definition) is 2. The van der Waals surface area contributed by atoms with E-state index >= 15 is 0 Å². The number of aldehydes is 1. The van der Waals surface area contributed by atoms with Crippen LogP contribution in [0.25, 0.3) is 0 Å². The summed E-state index contributed by atoms with van der Waals surface area (Å²) in [5.74, 6) is -0.585. The van der Waals surface area contributed by atoms with Crippen molar-refractivity contribution in [3.8, 4) is 0 Å². The number of hydrogen-bond acceptors (Lipinski definition) is 5. The summed E-state index contributed by atoms with van der Waals surface area (Å²) in [4.78, 5) is 33.2. The number of nitrogens with one attached hydrogen (secondary N) is 2. The summed E-state index contributed by atoms with van der Waals surface area (Å²) in [5.41, 5.74) is 0. The van der Waals surface area contributed by atoms with E-state index in [0.29, 0.717) is 26.0 Å². The molecule has 0 aromatic rings. The summed E-state index contributed by atoms with van der Waals surface area (Å²) in [6.45, 7) is 2.91. The Morgan fingerprint density at radius 1 is 1.62 bits per heavy atom. The van der Waals surface area contributed by atoms with Gasteiger partial charge in [0, 0.05) is 26.4 Å². The molecule has 2 atom stereocenters. The fourth-order valence-corrected chi connectivity index (χ4v) is 1.56. The monoisotopic (exact) mass is 228 g/mol. The van der Waals surface area contributed by atoms with E-state index in [0.717, 1.165) is 0 Å². The number of ether oxygens (including phenoxy) is 1. The molecule has 6 nitrogen and oxygen atoms in total. The molecule has 90 valence electrons. The minimum atomic E-state index is -0.778. The van der Waals surface area contributed by atoms with Gasteiger partial charge in [-0.2, -0.15) is 0 Å². The summed E-state index contributed by atoms with van der Waals surface area (Å²) >= 11 is 0. The molecule has 2 unspecified atom stereocenters. The van der Waals surface area contributed by atoms with Gasteiger partial charge in [0.1, 0.15) is 12.4 Å². The lowest BCUT2D eigenvalue weighted by Crippen LogP contribution is -2.51. The minimum Gasteiger partial charge on any atom is -0.368 e. The van der Waals surface area contributed by atoms with Gasteiger partial charge >= 0.3 is 0 Å². The molecule has 1 aliphatic heterocycles. The van der Waals surface area contributed by atoms with Crippen LogP contribution < -0.4 is 10.6 Å². The standard InChI is InChI=1S/C10H16N2O4/c1-7(14)12-8(2-4-13)10(15)9-6-11-3-5-16-9/h4,8-9,11H,2-3,5-6H2,1H3,(H,12,14). The summed E-state index contributed by atoms with van der Waals surface area (Å²) in [6.07, 6.45) is 0.0260. The molecule has 0 bridgehead atoms. The molecule has 2 N–H and O–H groups in total. The van der Waals surface area contributed by atoms with Gasteiger partial charge in [0.2, 0.25) is 5.91 Å². The predicted molar refractivity (Wildman–Crippen MR) is 55.9 cm³/mol. The van der Waals surface area contributed by atoms with Crippen LogP contribution in [0.3, 0.4) is 0 Å². The van der Waals surface area contributed by atoms with Crippen LogP contribution in [0.1, 0.15) is 13.3 Å². The van der Waals surface area contributed by atoms with Gasteiger partial charge in [0.15, 0.2) is 5.78 Å². The van der Waals surface area contributed by atoms with E-state index in [1.165, 1.54) is 6.92 Å². The Morgan fingerprint density at radius 3 is 2.88 bits per heavy atom. The lowest BCUT2D eigenvalue weighted by atomic mass is 10.0. The summed E-state index contributed by atoms with van der Waals surface area (Å²) in [6, 6.07) is -0.778. The number of morpholine rings is 1. The topological polar surface area (TPSA) is 84.5 Å². The normalized spacial score (nSPS) is 22.2. The van der Waals surface area contributed by atoms with Crippen molar-refractivity contribution in [1.82, 2.24) is 10.6 Å². The molecule has 1 aliphatic rings. The van der Waals surface area contributed by atoms with E-state index in [1.807, 2.05) is 0 Å². The number of amides is 1. The third kappa shape index (κ3) is 3.71. The maximum Gasteiger partial charge on any atom is 0.217 e. The first kappa shape index (κ1) is 12.8. The van der Waals surface area contributed by atoms with Crippen molar-refractivity contribution >= 4 is 18.0 Å². The molecule has 1 rings (SSSR count). The second kappa shape index (κ2) is 6.34. The van der Waals surface area contributed by atoms with Gasteiger partial charge in [0.25, 0.3) is 0 Å². The zero-order chi connectivity index (χ0) is 12.0. The molecule has 6 heteroatoms. The van der Waals surface area contributed by atoms with Crippen molar-refractivity contribution in [1.29, 1.82) is 0 Å². The Bertz CT molecular complexity index is 274. The van der Waals surface area contributed by atoms with Crippen LogP contribution in [-0.4, -0.2) is 49.8 Å². The Hall–Kier alpha value is -1.27.